The fourth-order valence-electron chi connectivity index (χ4n) is 2.95. The number of hydrogen-bond donors (Lipinski definition) is 3. The van der Waals surface area contributed by atoms with E-state index in [4.69, 9.17) is 4.74 Å². The van der Waals surface area contributed by atoms with Gasteiger partial charge in [0.15, 0.2) is 15.8 Å². The van der Waals surface area contributed by atoms with Gasteiger partial charge in [0.2, 0.25) is 5.91 Å². The number of nitrogens with one attached hydrogen (secondary N) is 3. The number of hydrogen-bond acceptors (Lipinski definition) is 5. The molecule has 0 radical (unpaired) electrons. The molecule has 1 aromatic rings. The van der Waals surface area contributed by atoms with Crippen molar-refractivity contribution in [3.63, 3.8) is 0 Å². The third kappa shape index (κ3) is 8.21. The molecule has 2 rings (SSSR count). The molecule has 0 spiro atoms. The van der Waals surface area contributed by atoms with Crippen LogP contribution in [-0.2, 0) is 21.1 Å². The first-order chi connectivity index (χ1) is 12.9. The van der Waals surface area contributed by atoms with Crippen LogP contribution in [0.25, 0.3) is 0 Å². The summed E-state index contributed by atoms with van der Waals surface area (Å²) in [7, 11) is 0.334. The first-order valence-electron chi connectivity index (χ1n) is 8.99. The molecule has 1 aliphatic heterocycles. The van der Waals surface area contributed by atoms with Crippen molar-refractivity contribution >= 4 is 45.7 Å². The van der Waals surface area contributed by atoms with E-state index in [1.54, 1.807) is 14.2 Å². The smallest absolute Gasteiger partial charge is 0.222 e. The summed E-state index contributed by atoms with van der Waals surface area (Å²) in [5.41, 5.74) is 1.11. The number of para-hydroxylation sites is 1. The number of nitrogens with zero attached hydrogens (tertiary/aromatic N) is 1. The van der Waals surface area contributed by atoms with Crippen LogP contribution >= 0.6 is 24.0 Å². The van der Waals surface area contributed by atoms with Gasteiger partial charge in [-0.2, -0.15) is 0 Å². The van der Waals surface area contributed by atoms with Gasteiger partial charge >= 0.3 is 0 Å². The lowest BCUT2D eigenvalue weighted by atomic mass is 10.1. The minimum absolute atomic E-state index is 0. The Bertz CT molecular complexity index is 771. The molecular formula is C18H29IN4O4S. The number of sulfone groups is 1. The molecular weight excluding hydrogens is 495 g/mol. The molecule has 0 aliphatic carbocycles. The number of carbonyl (C=O) groups excluding carboxylic acids is 1. The molecule has 1 aliphatic rings. The topological polar surface area (TPSA) is 109 Å². The molecule has 1 atom stereocenters. The van der Waals surface area contributed by atoms with Crippen LogP contribution in [0.5, 0.6) is 5.75 Å². The molecule has 1 aromatic carbocycles. The van der Waals surface area contributed by atoms with Gasteiger partial charge in [0.25, 0.3) is 0 Å². The van der Waals surface area contributed by atoms with E-state index in [0.717, 1.165) is 17.7 Å². The van der Waals surface area contributed by atoms with Gasteiger partial charge in [0.1, 0.15) is 5.75 Å². The first-order valence-corrected chi connectivity index (χ1v) is 10.8. The van der Waals surface area contributed by atoms with Crippen molar-refractivity contribution in [1.29, 1.82) is 0 Å². The van der Waals surface area contributed by atoms with Crippen molar-refractivity contribution in [2.75, 3.05) is 38.8 Å². The fourth-order valence-corrected chi connectivity index (χ4v) is 4.62. The maximum absolute atomic E-state index is 11.9. The van der Waals surface area contributed by atoms with E-state index in [9.17, 15) is 13.2 Å². The van der Waals surface area contributed by atoms with Crippen LogP contribution in [0.4, 0.5) is 0 Å². The zero-order valence-corrected chi connectivity index (χ0v) is 19.4. The molecule has 28 heavy (non-hydrogen) atoms. The third-order valence-corrected chi connectivity index (χ3v) is 6.11. The van der Waals surface area contributed by atoms with Crippen molar-refractivity contribution in [3.05, 3.63) is 29.8 Å². The molecule has 0 bridgehead atoms. The summed E-state index contributed by atoms with van der Waals surface area (Å²) in [5.74, 6) is 1.50. The minimum atomic E-state index is -2.99. The zero-order chi connectivity index (χ0) is 19.7. The number of carbonyl (C=O) groups is 1. The van der Waals surface area contributed by atoms with Gasteiger partial charge in [0.05, 0.1) is 18.6 Å². The minimum Gasteiger partial charge on any atom is -0.496 e. The van der Waals surface area contributed by atoms with Gasteiger partial charge in [0, 0.05) is 32.6 Å². The largest absolute Gasteiger partial charge is 0.496 e. The van der Waals surface area contributed by atoms with Gasteiger partial charge in [-0.3, -0.25) is 9.79 Å². The Hall–Kier alpha value is -1.56. The molecule has 1 unspecified atom stereocenters. The van der Waals surface area contributed by atoms with Crippen LogP contribution in [-0.4, -0.2) is 65.1 Å². The van der Waals surface area contributed by atoms with E-state index in [2.05, 4.69) is 20.9 Å². The summed E-state index contributed by atoms with van der Waals surface area (Å²) >= 11 is 0. The van der Waals surface area contributed by atoms with Crippen molar-refractivity contribution in [2.24, 2.45) is 4.99 Å². The number of ether oxygens (including phenoxy) is 1. The van der Waals surface area contributed by atoms with Crippen LogP contribution in [0.15, 0.2) is 29.3 Å². The summed E-state index contributed by atoms with van der Waals surface area (Å²) in [6, 6.07) is 7.59. The highest BCUT2D eigenvalue weighted by molar-refractivity contribution is 14.0. The first kappa shape index (κ1) is 24.5. The summed E-state index contributed by atoms with van der Waals surface area (Å²) in [5, 5.41) is 9.06. The number of methoxy groups -OCH3 is 1. The Balaban J connectivity index is 0.00000392. The van der Waals surface area contributed by atoms with Crippen molar-refractivity contribution in [2.45, 2.75) is 25.3 Å². The van der Waals surface area contributed by atoms with Gasteiger partial charge in [-0.25, -0.2) is 8.42 Å². The molecule has 1 fully saturated rings. The number of benzene rings is 1. The molecule has 8 nitrogen and oxygen atoms in total. The number of halogens is 1. The standard InChI is InChI=1S/C18H28N4O4S.HI/c1-19-18(20-10-7-14-5-3-4-6-16(14)26-2)21-11-8-17(23)22-15-9-12-27(24,25)13-15;/h3-6,15H,7-13H2,1-2H3,(H,22,23)(H2,19,20,21);1H. The highest BCUT2D eigenvalue weighted by Gasteiger charge is 2.28. The van der Waals surface area contributed by atoms with Crippen LogP contribution in [0.2, 0.25) is 0 Å². The van der Waals surface area contributed by atoms with Gasteiger partial charge in [-0.1, -0.05) is 18.2 Å². The fraction of sp³-hybridized carbons (Fsp3) is 0.556. The normalized spacial score (nSPS) is 18.1. The van der Waals surface area contributed by atoms with Crippen molar-refractivity contribution in [3.8, 4) is 5.75 Å². The van der Waals surface area contributed by atoms with Gasteiger partial charge in [-0.15, -0.1) is 24.0 Å². The van der Waals surface area contributed by atoms with Crippen LogP contribution in [0, 0.1) is 0 Å². The average molecular weight is 524 g/mol. The van der Waals surface area contributed by atoms with E-state index >= 15 is 0 Å². The summed E-state index contributed by atoms with van der Waals surface area (Å²) in [6.45, 7) is 1.09. The predicted octanol–water partition coefficient (Wildman–Crippen LogP) is 0.714. The maximum Gasteiger partial charge on any atom is 0.222 e. The quantitative estimate of drug-likeness (QED) is 0.263. The molecule has 0 saturated carbocycles. The second-order valence-electron chi connectivity index (χ2n) is 6.41. The number of aliphatic imine (C=N–C) groups is 1. The van der Waals surface area contributed by atoms with E-state index in [0.29, 0.717) is 25.5 Å². The maximum atomic E-state index is 11.9. The highest BCUT2D eigenvalue weighted by Crippen LogP contribution is 2.17. The van der Waals surface area contributed by atoms with Crippen molar-refractivity contribution < 1.29 is 17.9 Å². The summed E-state index contributed by atoms with van der Waals surface area (Å²) in [4.78, 5) is 16.1. The summed E-state index contributed by atoms with van der Waals surface area (Å²) < 4.78 is 28.2. The summed E-state index contributed by atoms with van der Waals surface area (Å²) in [6.07, 6.45) is 1.53. The molecule has 3 N–H and O–H groups in total. The SMILES string of the molecule is CN=C(NCCC(=O)NC1CCS(=O)(=O)C1)NCCc1ccccc1OC.I. The Kier molecular flexibility index (Phi) is 10.6. The highest BCUT2D eigenvalue weighted by atomic mass is 127. The van der Waals surface area contributed by atoms with E-state index in [1.807, 2.05) is 24.3 Å². The van der Waals surface area contributed by atoms with E-state index in [1.165, 1.54) is 0 Å². The number of amides is 1. The van der Waals surface area contributed by atoms with Gasteiger partial charge < -0.3 is 20.7 Å². The molecule has 1 heterocycles. The second kappa shape index (κ2) is 12.1. The number of guanidine groups is 1. The third-order valence-electron chi connectivity index (χ3n) is 4.34. The Morgan fingerprint density at radius 1 is 1.25 bits per heavy atom. The predicted molar refractivity (Wildman–Crippen MR) is 121 cm³/mol. The molecule has 1 saturated heterocycles. The lowest BCUT2D eigenvalue weighted by Crippen LogP contribution is -2.41. The Morgan fingerprint density at radius 3 is 2.61 bits per heavy atom. The Labute approximate surface area is 183 Å². The average Bonchev–Trinajstić information content (AvgIpc) is 2.99. The monoisotopic (exact) mass is 524 g/mol. The lowest BCUT2D eigenvalue weighted by Gasteiger charge is -2.14. The van der Waals surface area contributed by atoms with Gasteiger partial charge in [-0.05, 0) is 24.5 Å². The van der Waals surface area contributed by atoms with E-state index < -0.39 is 9.84 Å². The Morgan fingerprint density at radius 2 is 1.96 bits per heavy atom. The van der Waals surface area contributed by atoms with Crippen LogP contribution in [0.1, 0.15) is 18.4 Å². The lowest BCUT2D eigenvalue weighted by molar-refractivity contribution is -0.121. The molecule has 158 valence electrons. The number of rotatable bonds is 8. The second-order valence-corrected chi connectivity index (χ2v) is 8.63. The van der Waals surface area contributed by atoms with Crippen LogP contribution < -0.4 is 20.7 Å². The molecule has 1 amide bonds. The molecule has 10 heteroatoms. The molecule has 0 aromatic heterocycles. The zero-order valence-electron chi connectivity index (χ0n) is 16.2. The van der Waals surface area contributed by atoms with E-state index in [-0.39, 0.29) is 53.9 Å². The van der Waals surface area contributed by atoms with Crippen LogP contribution in [0.3, 0.4) is 0 Å². The van der Waals surface area contributed by atoms with Crippen molar-refractivity contribution in [1.82, 2.24) is 16.0 Å².